The van der Waals surface area contributed by atoms with Crippen LogP contribution < -0.4 is 5.32 Å². The van der Waals surface area contributed by atoms with Gasteiger partial charge in [0.2, 0.25) is 10.0 Å². The van der Waals surface area contributed by atoms with Crippen molar-refractivity contribution in [3.8, 4) is 0 Å². The predicted molar refractivity (Wildman–Crippen MR) is 81.5 cm³/mol. The lowest BCUT2D eigenvalue weighted by atomic mass is 10.2. The Kier molecular flexibility index (Phi) is 3.92. The molecule has 1 unspecified atom stereocenters. The van der Waals surface area contributed by atoms with Crippen LogP contribution in [0.1, 0.15) is 36.6 Å². The molecule has 1 aliphatic heterocycles. The molecule has 0 aromatic carbocycles. The Balaban J connectivity index is 1.85. The first-order valence-electron chi connectivity index (χ1n) is 7.29. The lowest BCUT2D eigenvalue weighted by Gasteiger charge is -2.17. The minimum Gasteiger partial charge on any atom is -0.309 e. The Morgan fingerprint density at radius 3 is 2.75 bits per heavy atom. The Labute approximate surface area is 125 Å². The van der Waals surface area contributed by atoms with E-state index >= 15 is 0 Å². The Bertz CT molecular complexity index is 590. The van der Waals surface area contributed by atoms with Gasteiger partial charge in [0.25, 0.3) is 0 Å². The standard InChI is InChI=1S/C14H22N2O2S2/c1-10-5-6-16(8-10)20(17,18)14-11(2)9-19-13(14)7-15-12-3-4-12/h9-10,12,15H,3-8H2,1-2H3. The van der Waals surface area contributed by atoms with Gasteiger partial charge in [-0.15, -0.1) is 11.3 Å². The third-order valence-electron chi connectivity index (χ3n) is 4.10. The highest BCUT2D eigenvalue weighted by Gasteiger charge is 2.34. The highest BCUT2D eigenvalue weighted by atomic mass is 32.2. The molecular weight excluding hydrogens is 292 g/mol. The van der Waals surface area contributed by atoms with Crippen molar-refractivity contribution >= 4 is 21.4 Å². The summed E-state index contributed by atoms with van der Waals surface area (Å²) in [6, 6.07) is 0.597. The third-order valence-corrected chi connectivity index (χ3v) is 7.43. The first-order chi connectivity index (χ1) is 9.48. The van der Waals surface area contributed by atoms with E-state index in [9.17, 15) is 8.42 Å². The molecule has 2 fully saturated rings. The molecule has 1 aliphatic carbocycles. The van der Waals surface area contributed by atoms with Crippen molar-refractivity contribution in [3.05, 3.63) is 15.8 Å². The van der Waals surface area contributed by atoms with Gasteiger partial charge in [-0.05, 0) is 43.0 Å². The van der Waals surface area contributed by atoms with Gasteiger partial charge in [0.15, 0.2) is 0 Å². The number of aryl methyl sites for hydroxylation is 1. The number of thiophene rings is 1. The van der Waals surface area contributed by atoms with Crippen LogP contribution in [0.4, 0.5) is 0 Å². The molecular formula is C14H22N2O2S2. The van der Waals surface area contributed by atoms with Crippen LogP contribution in [0.15, 0.2) is 10.3 Å². The van der Waals surface area contributed by atoms with E-state index in [2.05, 4.69) is 12.2 Å². The maximum absolute atomic E-state index is 12.8. The lowest BCUT2D eigenvalue weighted by molar-refractivity contribution is 0.463. The second-order valence-electron chi connectivity index (χ2n) is 6.08. The zero-order chi connectivity index (χ0) is 14.3. The molecule has 1 aromatic rings. The topological polar surface area (TPSA) is 49.4 Å². The van der Waals surface area contributed by atoms with E-state index in [1.165, 1.54) is 12.8 Å². The molecule has 2 aliphatic rings. The number of rotatable bonds is 5. The van der Waals surface area contributed by atoms with Crippen LogP contribution in [0.2, 0.25) is 0 Å². The molecule has 1 aromatic heterocycles. The van der Waals surface area contributed by atoms with Crippen molar-refractivity contribution in [2.24, 2.45) is 5.92 Å². The molecule has 2 heterocycles. The molecule has 20 heavy (non-hydrogen) atoms. The number of nitrogens with zero attached hydrogens (tertiary/aromatic N) is 1. The van der Waals surface area contributed by atoms with Gasteiger partial charge in [0.1, 0.15) is 4.90 Å². The van der Waals surface area contributed by atoms with Gasteiger partial charge in [-0.1, -0.05) is 6.92 Å². The highest BCUT2D eigenvalue weighted by Crippen LogP contribution is 2.32. The highest BCUT2D eigenvalue weighted by molar-refractivity contribution is 7.89. The summed E-state index contributed by atoms with van der Waals surface area (Å²) in [5.74, 6) is 0.469. The molecule has 1 atom stereocenters. The van der Waals surface area contributed by atoms with E-state index in [4.69, 9.17) is 0 Å². The minimum atomic E-state index is -3.31. The summed E-state index contributed by atoms with van der Waals surface area (Å²) in [4.78, 5) is 1.53. The molecule has 6 heteroatoms. The van der Waals surface area contributed by atoms with E-state index in [0.717, 1.165) is 16.9 Å². The first-order valence-corrected chi connectivity index (χ1v) is 9.61. The zero-order valence-electron chi connectivity index (χ0n) is 12.1. The van der Waals surface area contributed by atoms with E-state index < -0.39 is 10.0 Å². The number of sulfonamides is 1. The molecule has 0 bridgehead atoms. The van der Waals surface area contributed by atoms with Gasteiger partial charge in [0.05, 0.1) is 0 Å². The quantitative estimate of drug-likeness (QED) is 0.907. The second-order valence-corrected chi connectivity index (χ2v) is 8.92. The summed E-state index contributed by atoms with van der Waals surface area (Å²) in [5.41, 5.74) is 0.891. The van der Waals surface area contributed by atoms with Gasteiger partial charge < -0.3 is 5.32 Å². The maximum Gasteiger partial charge on any atom is 0.244 e. The molecule has 0 spiro atoms. The summed E-state index contributed by atoms with van der Waals surface area (Å²) in [5, 5.41) is 5.39. The van der Waals surface area contributed by atoms with Crippen LogP contribution in [0, 0.1) is 12.8 Å². The van der Waals surface area contributed by atoms with Crippen molar-refractivity contribution in [1.82, 2.24) is 9.62 Å². The number of nitrogens with one attached hydrogen (secondary N) is 1. The Hall–Kier alpha value is -0.430. The van der Waals surface area contributed by atoms with Crippen LogP contribution in [0.3, 0.4) is 0 Å². The normalized spacial score (nSPS) is 24.4. The monoisotopic (exact) mass is 314 g/mol. The number of hydrogen-bond donors (Lipinski definition) is 1. The van der Waals surface area contributed by atoms with E-state index in [-0.39, 0.29) is 0 Å². The van der Waals surface area contributed by atoms with E-state index in [1.807, 2.05) is 12.3 Å². The lowest BCUT2D eigenvalue weighted by Crippen LogP contribution is -2.30. The molecule has 1 saturated carbocycles. The van der Waals surface area contributed by atoms with Crippen LogP contribution in [0.25, 0.3) is 0 Å². The van der Waals surface area contributed by atoms with Gasteiger partial charge >= 0.3 is 0 Å². The van der Waals surface area contributed by atoms with Gasteiger partial charge in [-0.25, -0.2) is 8.42 Å². The van der Waals surface area contributed by atoms with Crippen LogP contribution in [0.5, 0.6) is 0 Å². The summed E-state index contributed by atoms with van der Waals surface area (Å²) in [6.07, 6.45) is 3.41. The zero-order valence-corrected chi connectivity index (χ0v) is 13.7. The van der Waals surface area contributed by atoms with Gasteiger partial charge in [-0.3, -0.25) is 0 Å². The molecule has 0 radical (unpaired) electrons. The van der Waals surface area contributed by atoms with Gasteiger partial charge in [0, 0.05) is 30.6 Å². The molecule has 1 N–H and O–H groups in total. The molecule has 0 amide bonds. The van der Waals surface area contributed by atoms with E-state index in [1.54, 1.807) is 15.6 Å². The Morgan fingerprint density at radius 2 is 2.15 bits per heavy atom. The smallest absolute Gasteiger partial charge is 0.244 e. The SMILES string of the molecule is Cc1csc(CNC2CC2)c1S(=O)(=O)N1CCC(C)C1. The molecule has 112 valence electrons. The fraction of sp³-hybridized carbons (Fsp3) is 0.714. The molecule has 4 nitrogen and oxygen atoms in total. The first kappa shape index (κ1) is 14.5. The predicted octanol–water partition coefficient (Wildman–Crippen LogP) is 2.34. The van der Waals surface area contributed by atoms with Crippen molar-refractivity contribution in [2.45, 2.75) is 50.6 Å². The van der Waals surface area contributed by atoms with Crippen molar-refractivity contribution in [3.63, 3.8) is 0 Å². The van der Waals surface area contributed by atoms with Crippen molar-refractivity contribution in [2.75, 3.05) is 13.1 Å². The average Bonchev–Trinajstić information content (AvgIpc) is 2.99. The fourth-order valence-corrected chi connectivity index (χ4v) is 6.01. The third kappa shape index (κ3) is 2.79. The second kappa shape index (κ2) is 5.40. The van der Waals surface area contributed by atoms with Gasteiger partial charge in [-0.2, -0.15) is 4.31 Å². The number of hydrogen-bond acceptors (Lipinski definition) is 4. The Morgan fingerprint density at radius 1 is 1.40 bits per heavy atom. The summed E-state index contributed by atoms with van der Waals surface area (Å²) in [6.45, 7) is 6.03. The minimum absolute atomic E-state index is 0.469. The average molecular weight is 314 g/mol. The fourth-order valence-electron chi connectivity index (χ4n) is 2.72. The van der Waals surface area contributed by atoms with E-state index in [0.29, 0.717) is 36.5 Å². The summed E-state index contributed by atoms with van der Waals surface area (Å²) < 4.78 is 27.4. The van der Waals surface area contributed by atoms with Crippen molar-refractivity contribution < 1.29 is 8.42 Å². The van der Waals surface area contributed by atoms with Crippen LogP contribution in [-0.2, 0) is 16.6 Å². The van der Waals surface area contributed by atoms with Crippen molar-refractivity contribution in [1.29, 1.82) is 0 Å². The van der Waals surface area contributed by atoms with Crippen LogP contribution in [-0.4, -0.2) is 31.9 Å². The van der Waals surface area contributed by atoms with Crippen LogP contribution >= 0.6 is 11.3 Å². The largest absolute Gasteiger partial charge is 0.309 e. The molecule has 3 rings (SSSR count). The molecule has 1 saturated heterocycles. The summed E-state index contributed by atoms with van der Waals surface area (Å²) in [7, 11) is -3.31. The maximum atomic E-state index is 12.8. The summed E-state index contributed by atoms with van der Waals surface area (Å²) >= 11 is 1.56.